The van der Waals surface area contributed by atoms with Gasteiger partial charge in [-0.25, -0.2) is 4.98 Å². The SMILES string of the molecule is CC(C)(C)c1nc2cc(NC(=O)c3ccc(=O)n(-c4ccccc4)n3)ccc2o1. The molecule has 4 rings (SSSR count). The van der Waals surface area contributed by atoms with Gasteiger partial charge in [0, 0.05) is 17.2 Å². The predicted octanol–water partition coefficient (Wildman–Crippen LogP) is 3.92. The van der Waals surface area contributed by atoms with Crippen LogP contribution in [0.2, 0.25) is 0 Å². The number of para-hydroxylation sites is 1. The minimum atomic E-state index is -0.423. The van der Waals surface area contributed by atoms with Crippen LogP contribution in [0.1, 0.15) is 37.2 Å². The molecular formula is C22H20N4O3. The van der Waals surface area contributed by atoms with Crippen LogP contribution in [0.5, 0.6) is 0 Å². The molecule has 4 aromatic rings. The summed E-state index contributed by atoms with van der Waals surface area (Å²) >= 11 is 0. The van der Waals surface area contributed by atoms with Gasteiger partial charge >= 0.3 is 0 Å². The smallest absolute Gasteiger partial charge is 0.276 e. The summed E-state index contributed by atoms with van der Waals surface area (Å²) in [5, 5.41) is 6.99. The van der Waals surface area contributed by atoms with Gasteiger partial charge in [-0.15, -0.1) is 0 Å². The highest BCUT2D eigenvalue weighted by molar-refractivity contribution is 6.03. The number of benzene rings is 2. The second-order valence-corrected chi connectivity index (χ2v) is 7.71. The van der Waals surface area contributed by atoms with Crippen LogP contribution in [-0.4, -0.2) is 20.7 Å². The first-order chi connectivity index (χ1) is 13.8. The van der Waals surface area contributed by atoms with Gasteiger partial charge in [-0.2, -0.15) is 9.78 Å². The summed E-state index contributed by atoms with van der Waals surface area (Å²) in [6.45, 7) is 6.06. The van der Waals surface area contributed by atoms with Crippen molar-refractivity contribution in [1.82, 2.24) is 14.8 Å². The van der Waals surface area contributed by atoms with Gasteiger partial charge in [0.15, 0.2) is 5.58 Å². The number of fused-ring (bicyclic) bond motifs is 1. The zero-order valence-corrected chi connectivity index (χ0v) is 16.3. The van der Waals surface area contributed by atoms with Crippen LogP contribution >= 0.6 is 0 Å². The molecule has 0 saturated heterocycles. The molecule has 0 fully saturated rings. The molecule has 0 atom stereocenters. The van der Waals surface area contributed by atoms with Crippen LogP contribution < -0.4 is 10.9 Å². The Kier molecular flexibility index (Phi) is 4.50. The van der Waals surface area contributed by atoms with Crippen molar-refractivity contribution in [3.63, 3.8) is 0 Å². The number of aromatic nitrogens is 3. The number of nitrogens with zero attached hydrogens (tertiary/aromatic N) is 3. The summed E-state index contributed by atoms with van der Waals surface area (Å²) in [6, 6.07) is 16.9. The lowest BCUT2D eigenvalue weighted by atomic mass is 9.97. The van der Waals surface area contributed by atoms with E-state index < -0.39 is 5.91 Å². The fraction of sp³-hybridized carbons (Fsp3) is 0.182. The maximum Gasteiger partial charge on any atom is 0.276 e. The van der Waals surface area contributed by atoms with Crippen LogP contribution in [0.3, 0.4) is 0 Å². The standard InChI is InChI=1S/C22H20N4O3/c1-22(2,3)21-24-17-13-14(9-11-18(17)29-21)23-20(28)16-10-12-19(27)26(25-16)15-7-5-4-6-8-15/h4-13H,1-3H3,(H,23,28). The molecule has 2 aromatic carbocycles. The highest BCUT2D eigenvalue weighted by Gasteiger charge is 2.21. The van der Waals surface area contributed by atoms with E-state index in [0.29, 0.717) is 28.4 Å². The van der Waals surface area contributed by atoms with Crippen molar-refractivity contribution in [1.29, 1.82) is 0 Å². The van der Waals surface area contributed by atoms with Gasteiger partial charge in [-0.05, 0) is 36.4 Å². The molecule has 146 valence electrons. The van der Waals surface area contributed by atoms with Crippen LogP contribution in [0, 0.1) is 0 Å². The monoisotopic (exact) mass is 388 g/mol. The summed E-state index contributed by atoms with van der Waals surface area (Å²) < 4.78 is 6.98. The molecule has 0 aliphatic rings. The Bertz CT molecular complexity index is 1250. The summed E-state index contributed by atoms with van der Waals surface area (Å²) in [5.41, 5.74) is 2.08. The molecule has 0 unspecified atom stereocenters. The van der Waals surface area contributed by atoms with Crippen molar-refractivity contribution in [2.45, 2.75) is 26.2 Å². The minimum Gasteiger partial charge on any atom is -0.440 e. The zero-order chi connectivity index (χ0) is 20.6. The zero-order valence-electron chi connectivity index (χ0n) is 16.3. The van der Waals surface area contributed by atoms with E-state index >= 15 is 0 Å². The Hall–Kier alpha value is -3.74. The van der Waals surface area contributed by atoms with E-state index in [9.17, 15) is 9.59 Å². The average Bonchev–Trinajstić information content (AvgIpc) is 3.13. The van der Waals surface area contributed by atoms with E-state index in [1.54, 1.807) is 42.5 Å². The molecule has 29 heavy (non-hydrogen) atoms. The number of amides is 1. The van der Waals surface area contributed by atoms with Crippen LogP contribution in [0.15, 0.2) is 69.9 Å². The molecule has 0 bridgehead atoms. The topological polar surface area (TPSA) is 90.0 Å². The number of carbonyl (C=O) groups excluding carboxylic acids is 1. The molecular weight excluding hydrogens is 368 g/mol. The third kappa shape index (κ3) is 3.80. The normalized spacial score (nSPS) is 11.6. The lowest BCUT2D eigenvalue weighted by Gasteiger charge is -2.11. The van der Waals surface area contributed by atoms with Gasteiger partial charge in [0.05, 0.1) is 5.69 Å². The molecule has 1 amide bonds. The molecule has 0 spiro atoms. The molecule has 0 aliphatic heterocycles. The van der Waals surface area contributed by atoms with Crippen molar-refractivity contribution in [3.8, 4) is 5.69 Å². The average molecular weight is 388 g/mol. The number of hydrogen-bond donors (Lipinski definition) is 1. The molecule has 0 radical (unpaired) electrons. The molecule has 0 aliphatic carbocycles. The summed E-state index contributed by atoms with van der Waals surface area (Å²) in [7, 11) is 0. The first-order valence-electron chi connectivity index (χ1n) is 9.19. The van der Waals surface area contributed by atoms with Gasteiger partial charge in [0.2, 0.25) is 5.89 Å². The fourth-order valence-corrected chi connectivity index (χ4v) is 2.81. The van der Waals surface area contributed by atoms with E-state index in [0.717, 1.165) is 0 Å². The maximum absolute atomic E-state index is 12.7. The molecule has 7 nitrogen and oxygen atoms in total. The molecule has 2 aromatic heterocycles. The second kappa shape index (κ2) is 7.01. The number of anilines is 1. The Morgan fingerprint density at radius 3 is 2.52 bits per heavy atom. The lowest BCUT2D eigenvalue weighted by Crippen LogP contribution is -2.24. The molecule has 7 heteroatoms. The van der Waals surface area contributed by atoms with E-state index in [-0.39, 0.29) is 16.7 Å². The number of carbonyl (C=O) groups is 1. The van der Waals surface area contributed by atoms with E-state index in [2.05, 4.69) is 15.4 Å². The van der Waals surface area contributed by atoms with Gasteiger partial charge in [0.1, 0.15) is 11.2 Å². The maximum atomic E-state index is 12.7. The highest BCUT2D eigenvalue weighted by atomic mass is 16.3. The van der Waals surface area contributed by atoms with E-state index in [1.165, 1.54) is 16.8 Å². The minimum absolute atomic E-state index is 0.129. The van der Waals surface area contributed by atoms with Gasteiger partial charge in [-0.3, -0.25) is 9.59 Å². The summed E-state index contributed by atoms with van der Waals surface area (Å²) in [5.74, 6) is 0.209. The molecule has 2 heterocycles. The third-order valence-corrected chi connectivity index (χ3v) is 4.32. The van der Waals surface area contributed by atoms with E-state index in [4.69, 9.17) is 4.42 Å². The highest BCUT2D eigenvalue weighted by Crippen LogP contribution is 2.27. The van der Waals surface area contributed by atoms with Crippen molar-refractivity contribution < 1.29 is 9.21 Å². The number of oxazole rings is 1. The van der Waals surface area contributed by atoms with Crippen molar-refractivity contribution in [2.24, 2.45) is 0 Å². The first kappa shape index (κ1) is 18.6. The van der Waals surface area contributed by atoms with Crippen LogP contribution in [-0.2, 0) is 5.41 Å². The van der Waals surface area contributed by atoms with Gasteiger partial charge in [0.25, 0.3) is 11.5 Å². The molecule has 1 N–H and O–H groups in total. The van der Waals surface area contributed by atoms with Gasteiger partial charge in [-0.1, -0.05) is 39.0 Å². The Morgan fingerprint density at radius 1 is 1.03 bits per heavy atom. The molecule has 0 saturated carbocycles. The fourth-order valence-electron chi connectivity index (χ4n) is 2.81. The Balaban J connectivity index is 1.62. The number of rotatable bonds is 3. The summed E-state index contributed by atoms with van der Waals surface area (Å²) in [4.78, 5) is 29.3. The Labute approximate surface area is 167 Å². The predicted molar refractivity (Wildman–Crippen MR) is 110 cm³/mol. The van der Waals surface area contributed by atoms with Crippen LogP contribution in [0.4, 0.5) is 5.69 Å². The van der Waals surface area contributed by atoms with Crippen molar-refractivity contribution in [2.75, 3.05) is 5.32 Å². The lowest BCUT2D eigenvalue weighted by molar-refractivity contribution is 0.102. The summed E-state index contributed by atoms with van der Waals surface area (Å²) in [6.07, 6.45) is 0. The number of nitrogens with one attached hydrogen (secondary N) is 1. The Morgan fingerprint density at radius 2 is 1.79 bits per heavy atom. The van der Waals surface area contributed by atoms with Crippen molar-refractivity contribution >= 4 is 22.7 Å². The second-order valence-electron chi connectivity index (χ2n) is 7.71. The van der Waals surface area contributed by atoms with Crippen molar-refractivity contribution in [3.05, 3.63) is 82.6 Å². The van der Waals surface area contributed by atoms with Crippen LogP contribution in [0.25, 0.3) is 16.8 Å². The first-order valence-corrected chi connectivity index (χ1v) is 9.19. The van der Waals surface area contributed by atoms with E-state index in [1.807, 2.05) is 26.8 Å². The quantitative estimate of drug-likeness (QED) is 0.574. The number of hydrogen-bond acceptors (Lipinski definition) is 5. The van der Waals surface area contributed by atoms with Gasteiger partial charge < -0.3 is 9.73 Å². The largest absolute Gasteiger partial charge is 0.440 e. The third-order valence-electron chi connectivity index (χ3n) is 4.32.